The summed E-state index contributed by atoms with van der Waals surface area (Å²) in [6.07, 6.45) is 2.78. The lowest BCUT2D eigenvalue weighted by Gasteiger charge is -2.29. The number of hydrogen-bond donors (Lipinski definition) is 2. The van der Waals surface area contributed by atoms with E-state index in [-0.39, 0.29) is 11.8 Å². The Labute approximate surface area is 207 Å². The predicted octanol–water partition coefficient (Wildman–Crippen LogP) is 3.23. The Hall–Kier alpha value is -3.83. The molecular weight excluding hydrogens is 438 g/mol. The van der Waals surface area contributed by atoms with Gasteiger partial charge in [-0.25, -0.2) is 4.98 Å². The minimum atomic E-state index is 0.160. The largest absolute Gasteiger partial charge is 0.507 e. The first-order valence-corrected chi connectivity index (χ1v) is 11.9. The normalized spacial score (nSPS) is 17.0. The molecule has 0 bridgehead atoms. The predicted molar refractivity (Wildman–Crippen MR) is 141 cm³/mol. The number of benzene rings is 1. The summed E-state index contributed by atoms with van der Waals surface area (Å²) >= 11 is 0. The van der Waals surface area contributed by atoms with Gasteiger partial charge in [0.15, 0.2) is 5.82 Å². The topological polar surface area (TPSA) is 94.6 Å². The highest BCUT2D eigenvalue weighted by Gasteiger charge is 2.24. The molecule has 2 aromatic heterocycles. The van der Waals surface area contributed by atoms with E-state index in [1.54, 1.807) is 12.1 Å². The highest BCUT2D eigenvalue weighted by molar-refractivity contribution is 5.74. The zero-order valence-corrected chi connectivity index (χ0v) is 20.8. The monoisotopic (exact) mass is 471 g/mol. The van der Waals surface area contributed by atoms with Gasteiger partial charge < -0.3 is 20.6 Å². The molecule has 4 rings (SSSR count). The molecule has 1 aliphatic rings. The van der Waals surface area contributed by atoms with Crippen molar-refractivity contribution in [3.63, 3.8) is 0 Å². The van der Waals surface area contributed by atoms with Crippen molar-refractivity contribution in [2.24, 2.45) is 0 Å². The Morgan fingerprint density at radius 3 is 2.69 bits per heavy atom. The lowest BCUT2D eigenvalue weighted by molar-refractivity contribution is 0.373. The van der Waals surface area contributed by atoms with Crippen molar-refractivity contribution in [1.82, 2.24) is 20.1 Å². The van der Waals surface area contributed by atoms with E-state index in [0.717, 1.165) is 43.1 Å². The number of phenols is 1. The maximum Gasteiger partial charge on any atom is 0.169 e. The molecule has 3 aromatic rings. The summed E-state index contributed by atoms with van der Waals surface area (Å²) in [6.45, 7) is 6.75. The minimum Gasteiger partial charge on any atom is -0.507 e. The number of nitrogen functional groups attached to an aromatic ring is 1. The molecule has 0 amide bonds. The van der Waals surface area contributed by atoms with E-state index in [1.165, 1.54) is 0 Å². The first kappa shape index (κ1) is 24.3. The Morgan fingerprint density at radius 1 is 1.11 bits per heavy atom. The van der Waals surface area contributed by atoms with Crippen molar-refractivity contribution >= 4 is 17.2 Å². The third-order valence-electron chi connectivity index (χ3n) is 6.54. The summed E-state index contributed by atoms with van der Waals surface area (Å²) in [7, 11) is 4.04. The van der Waals surface area contributed by atoms with Gasteiger partial charge in [-0.15, -0.1) is 10.2 Å². The summed E-state index contributed by atoms with van der Waals surface area (Å²) < 4.78 is 0. The zero-order valence-electron chi connectivity index (χ0n) is 20.8. The molecule has 35 heavy (non-hydrogen) atoms. The molecule has 0 radical (unpaired) electrons. The average Bonchev–Trinajstić information content (AvgIpc) is 3.05. The molecule has 0 unspecified atom stereocenters. The molecule has 1 saturated heterocycles. The molecule has 1 fully saturated rings. The molecule has 0 spiro atoms. The van der Waals surface area contributed by atoms with Gasteiger partial charge in [0, 0.05) is 43.1 Å². The van der Waals surface area contributed by atoms with Crippen molar-refractivity contribution in [3.8, 4) is 28.8 Å². The van der Waals surface area contributed by atoms with Gasteiger partial charge in [0.2, 0.25) is 0 Å². The van der Waals surface area contributed by atoms with Crippen molar-refractivity contribution < 1.29 is 5.11 Å². The Balaban J connectivity index is 1.55. The Kier molecular flexibility index (Phi) is 7.37. The van der Waals surface area contributed by atoms with Gasteiger partial charge in [0.1, 0.15) is 11.4 Å². The lowest BCUT2D eigenvalue weighted by Crippen LogP contribution is -2.35. The minimum absolute atomic E-state index is 0.160. The second-order valence-corrected chi connectivity index (χ2v) is 9.14. The van der Waals surface area contributed by atoms with Crippen LogP contribution in [-0.2, 0) is 0 Å². The van der Waals surface area contributed by atoms with Crippen molar-refractivity contribution in [1.29, 1.82) is 0 Å². The van der Waals surface area contributed by atoms with Crippen LogP contribution in [0.15, 0.2) is 48.7 Å². The highest BCUT2D eigenvalue weighted by atomic mass is 16.3. The highest BCUT2D eigenvalue weighted by Crippen LogP contribution is 2.32. The first-order chi connectivity index (χ1) is 16.8. The van der Waals surface area contributed by atoms with Crippen LogP contribution in [0, 0.1) is 11.8 Å². The SMILES string of the molecule is C[C@@H]1CCN(c2cc(-c3ccccc3O)nnc2N)CCN1c1ccnc(C#C[C@H](C)N(C)C)c1. The molecular formula is C27H33N7O. The number of anilines is 3. The maximum absolute atomic E-state index is 10.3. The smallest absolute Gasteiger partial charge is 0.169 e. The molecule has 2 atom stereocenters. The van der Waals surface area contributed by atoms with Crippen molar-refractivity contribution in [2.45, 2.75) is 32.4 Å². The number of aromatic hydroxyl groups is 1. The van der Waals surface area contributed by atoms with Gasteiger partial charge in [-0.3, -0.25) is 4.90 Å². The van der Waals surface area contributed by atoms with Crippen LogP contribution in [0.4, 0.5) is 17.2 Å². The second kappa shape index (κ2) is 10.6. The van der Waals surface area contributed by atoms with E-state index >= 15 is 0 Å². The fourth-order valence-electron chi connectivity index (χ4n) is 4.12. The van der Waals surface area contributed by atoms with Crippen LogP contribution in [0.5, 0.6) is 5.75 Å². The van der Waals surface area contributed by atoms with Crippen LogP contribution in [-0.4, -0.2) is 71.0 Å². The number of nitrogens with two attached hydrogens (primary N) is 1. The molecule has 3 N–H and O–H groups in total. The quantitative estimate of drug-likeness (QED) is 0.560. The van der Waals surface area contributed by atoms with Crippen LogP contribution in [0.3, 0.4) is 0 Å². The average molecular weight is 472 g/mol. The summed E-state index contributed by atoms with van der Waals surface area (Å²) in [4.78, 5) is 11.2. The van der Waals surface area contributed by atoms with Gasteiger partial charge in [-0.1, -0.05) is 18.1 Å². The van der Waals surface area contributed by atoms with E-state index < -0.39 is 0 Å². The van der Waals surface area contributed by atoms with Gasteiger partial charge in [0.05, 0.1) is 17.4 Å². The number of pyridine rings is 1. The number of hydrogen-bond acceptors (Lipinski definition) is 8. The van der Waals surface area contributed by atoms with Gasteiger partial charge in [-0.2, -0.15) is 0 Å². The Morgan fingerprint density at radius 2 is 1.91 bits per heavy atom. The third-order valence-corrected chi connectivity index (χ3v) is 6.54. The number of phenolic OH excluding ortho intramolecular Hbond substituents is 1. The van der Waals surface area contributed by atoms with Gasteiger partial charge in [-0.05, 0) is 70.6 Å². The lowest BCUT2D eigenvalue weighted by atomic mass is 10.1. The molecule has 1 aromatic carbocycles. The summed E-state index contributed by atoms with van der Waals surface area (Å²) in [5, 5.41) is 18.7. The number of rotatable bonds is 4. The van der Waals surface area contributed by atoms with Gasteiger partial charge >= 0.3 is 0 Å². The summed E-state index contributed by atoms with van der Waals surface area (Å²) in [6, 6.07) is 13.7. The maximum atomic E-state index is 10.3. The molecule has 182 valence electrons. The van der Waals surface area contributed by atoms with E-state index in [0.29, 0.717) is 23.1 Å². The molecule has 8 heteroatoms. The Bertz CT molecular complexity index is 1230. The summed E-state index contributed by atoms with van der Waals surface area (Å²) in [5.74, 6) is 7.03. The fraction of sp³-hybridized carbons (Fsp3) is 0.370. The van der Waals surface area contributed by atoms with Crippen molar-refractivity contribution in [2.75, 3.05) is 49.3 Å². The van der Waals surface area contributed by atoms with Crippen LogP contribution >= 0.6 is 0 Å². The fourth-order valence-corrected chi connectivity index (χ4v) is 4.12. The number of aromatic nitrogens is 3. The van der Waals surface area contributed by atoms with Gasteiger partial charge in [0.25, 0.3) is 0 Å². The summed E-state index contributed by atoms with van der Waals surface area (Å²) in [5.41, 5.74) is 10.2. The zero-order chi connectivity index (χ0) is 24.9. The van der Waals surface area contributed by atoms with Crippen LogP contribution in [0.2, 0.25) is 0 Å². The van der Waals surface area contributed by atoms with Crippen LogP contribution < -0.4 is 15.5 Å². The molecule has 0 aliphatic carbocycles. The van der Waals surface area contributed by atoms with Crippen LogP contribution in [0.25, 0.3) is 11.3 Å². The van der Waals surface area contributed by atoms with E-state index in [9.17, 15) is 5.11 Å². The standard InChI is InChI=1S/C27H33N7O/c1-19(32(3)4)9-10-21-17-22(11-13-29-21)34-16-15-33(14-12-20(34)2)25-18-24(30-31-27(25)28)23-7-5-6-8-26(23)35/h5-8,11,13,17-20,35H,12,14-16H2,1-4H3,(H2,28,31)/t19-,20+/m0/s1. The second-order valence-electron chi connectivity index (χ2n) is 9.14. The molecule has 3 heterocycles. The molecule has 8 nitrogen and oxygen atoms in total. The van der Waals surface area contributed by atoms with Crippen molar-refractivity contribution in [3.05, 3.63) is 54.4 Å². The van der Waals surface area contributed by atoms with Crippen LogP contribution in [0.1, 0.15) is 26.0 Å². The number of nitrogens with zero attached hydrogens (tertiary/aromatic N) is 6. The van der Waals surface area contributed by atoms with E-state index in [2.05, 4.69) is 61.6 Å². The van der Waals surface area contributed by atoms with E-state index in [1.807, 2.05) is 44.6 Å². The first-order valence-electron chi connectivity index (χ1n) is 11.9. The molecule has 0 saturated carbocycles. The third kappa shape index (κ3) is 5.64. The van der Waals surface area contributed by atoms with E-state index in [4.69, 9.17) is 5.73 Å². The molecule has 1 aliphatic heterocycles. The number of para-hydroxylation sites is 1.